The van der Waals surface area contributed by atoms with E-state index in [0.29, 0.717) is 18.6 Å². The molecule has 1 unspecified atom stereocenters. The minimum Gasteiger partial charge on any atom is -0.464 e. The van der Waals surface area contributed by atoms with E-state index in [1.54, 1.807) is 31.0 Å². The Morgan fingerprint density at radius 2 is 2.11 bits per heavy atom. The molecule has 0 heterocycles. The molecule has 0 aromatic heterocycles. The predicted octanol–water partition coefficient (Wildman–Crippen LogP) is 2.34. The average Bonchev–Trinajstić information content (AvgIpc) is 2.39. The summed E-state index contributed by atoms with van der Waals surface area (Å²) in [5.74, 6) is -0.254. The summed E-state index contributed by atoms with van der Waals surface area (Å²) in [5.41, 5.74) is 1.31. The molecule has 0 N–H and O–H groups in total. The Labute approximate surface area is 108 Å². The first kappa shape index (κ1) is 14.0. The maximum absolute atomic E-state index is 11.8. The van der Waals surface area contributed by atoms with E-state index < -0.39 is 0 Å². The van der Waals surface area contributed by atoms with E-state index in [0.717, 1.165) is 5.69 Å². The SMILES string of the molecule is CCOC(=O)C(CC)N(C)c1ccccc1C#N. The Hall–Kier alpha value is -2.02. The smallest absolute Gasteiger partial charge is 0.328 e. The van der Waals surface area contributed by atoms with Crippen LogP contribution in [-0.2, 0) is 9.53 Å². The van der Waals surface area contributed by atoms with E-state index in [4.69, 9.17) is 10.00 Å². The number of rotatable bonds is 5. The lowest BCUT2D eigenvalue weighted by molar-refractivity contribution is -0.144. The molecule has 1 aromatic carbocycles. The van der Waals surface area contributed by atoms with E-state index >= 15 is 0 Å². The lowest BCUT2D eigenvalue weighted by atomic mass is 10.1. The van der Waals surface area contributed by atoms with Gasteiger partial charge in [-0.15, -0.1) is 0 Å². The van der Waals surface area contributed by atoms with Crippen LogP contribution in [0.25, 0.3) is 0 Å². The molecule has 4 heteroatoms. The van der Waals surface area contributed by atoms with Crippen LogP contribution in [0.1, 0.15) is 25.8 Å². The zero-order valence-electron chi connectivity index (χ0n) is 11.0. The monoisotopic (exact) mass is 246 g/mol. The van der Waals surface area contributed by atoms with E-state index in [-0.39, 0.29) is 12.0 Å². The molecule has 0 radical (unpaired) electrons. The second kappa shape index (κ2) is 6.65. The van der Waals surface area contributed by atoms with E-state index in [9.17, 15) is 4.79 Å². The highest BCUT2D eigenvalue weighted by Gasteiger charge is 2.24. The number of likely N-dealkylation sites (N-methyl/N-ethyl adjacent to an activating group) is 1. The van der Waals surface area contributed by atoms with Gasteiger partial charge in [0.1, 0.15) is 12.1 Å². The van der Waals surface area contributed by atoms with Crippen molar-refractivity contribution >= 4 is 11.7 Å². The standard InChI is InChI=1S/C14H18N2O2/c1-4-12(14(17)18-5-2)16(3)13-9-7-6-8-11(13)10-15/h6-9,12H,4-5H2,1-3H3. The molecule has 4 nitrogen and oxygen atoms in total. The maximum Gasteiger partial charge on any atom is 0.328 e. The quantitative estimate of drug-likeness (QED) is 0.748. The third-order valence-corrected chi connectivity index (χ3v) is 2.82. The molecule has 1 rings (SSSR count). The molecule has 0 fully saturated rings. The number of ether oxygens (including phenoxy) is 1. The third-order valence-electron chi connectivity index (χ3n) is 2.82. The number of nitrogens with zero attached hydrogens (tertiary/aromatic N) is 2. The highest BCUT2D eigenvalue weighted by molar-refractivity contribution is 5.80. The van der Waals surface area contributed by atoms with Gasteiger partial charge in [-0.3, -0.25) is 0 Å². The van der Waals surface area contributed by atoms with Crippen molar-refractivity contribution in [3.05, 3.63) is 29.8 Å². The van der Waals surface area contributed by atoms with Crippen LogP contribution in [0.15, 0.2) is 24.3 Å². The average molecular weight is 246 g/mol. The first-order chi connectivity index (χ1) is 8.65. The van der Waals surface area contributed by atoms with Crippen molar-refractivity contribution in [2.45, 2.75) is 26.3 Å². The fourth-order valence-corrected chi connectivity index (χ4v) is 1.88. The summed E-state index contributed by atoms with van der Waals surface area (Å²) in [5, 5.41) is 9.07. The largest absolute Gasteiger partial charge is 0.464 e. The summed E-state index contributed by atoms with van der Waals surface area (Å²) in [4.78, 5) is 13.6. The Bertz CT molecular complexity index is 451. The zero-order chi connectivity index (χ0) is 13.5. The van der Waals surface area contributed by atoms with Crippen LogP contribution in [0.2, 0.25) is 0 Å². The number of para-hydroxylation sites is 1. The highest BCUT2D eigenvalue weighted by Crippen LogP contribution is 2.21. The van der Waals surface area contributed by atoms with Gasteiger partial charge in [0.25, 0.3) is 0 Å². The molecule has 0 aliphatic carbocycles. The van der Waals surface area contributed by atoms with Gasteiger partial charge in [-0.25, -0.2) is 4.79 Å². The second-order valence-corrected chi connectivity index (χ2v) is 3.92. The van der Waals surface area contributed by atoms with Gasteiger partial charge in [0.05, 0.1) is 17.9 Å². The highest BCUT2D eigenvalue weighted by atomic mass is 16.5. The van der Waals surface area contributed by atoms with Crippen molar-refractivity contribution in [1.29, 1.82) is 5.26 Å². The van der Waals surface area contributed by atoms with Crippen molar-refractivity contribution in [2.75, 3.05) is 18.6 Å². The van der Waals surface area contributed by atoms with Gasteiger partial charge in [0.2, 0.25) is 0 Å². The van der Waals surface area contributed by atoms with Crippen molar-refractivity contribution in [3.63, 3.8) is 0 Å². The summed E-state index contributed by atoms with van der Waals surface area (Å²) in [6, 6.07) is 9.00. The van der Waals surface area contributed by atoms with Gasteiger partial charge in [0, 0.05) is 7.05 Å². The first-order valence-corrected chi connectivity index (χ1v) is 6.04. The summed E-state index contributed by atoms with van der Waals surface area (Å²) in [6.45, 7) is 4.07. The summed E-state index contributed by atoms with van der Waals surface area (Å²) < 4.78 is 5.05. The summed E-state index contributed by atoms with van der Waals surface area (Å²) >= 11 is 0. The number of anilines is 1. The number of nitriles is 1. The van der Waals surface area contributed by atoms with Crippen LogP contribution in [0.4, 0.5) is 5.69 Å². The van der Waals surface area contributed by atoms with Crippen molar-refractivity contribution in [1.82, 2.24) is 0 Å². The Kier molecular flexibility index (Phi) is 5.19. The van der Waals surface area contributed by atoms with Gasteiger partial charge >= 0.3 is 5.97 Å². The Morgan fingerprint density at radius 1 is 1.44 bits per heavy atom. The lowest BCUT2D eigenvalue weighted by Crippen LogP contribution is -2.39. The van der Waals surface area contributed by atoms with Gasteiger partial charge in [0.15, 0.2) is 0 Å². The Morgan fingerprint density at radius 3 is 2.67 bits per heavy atom. The summed E-state index contributed by atoms with van der Waals surface area (Å²) in [6.07, 6.45) is 0.634. The van der Waals surface area contributed by atoms with Crippen LogP contribution in [0.3, 0.4) is 0 Å². The number of esters is 1. The van der Waals surface area contributed by atoms with Crippen LogP contribution in [-0.4, -0.2) is 25.7 Å². The van der Waals surface area contributed by atoms with Crippen LogP contribution in [0.5, 0.6) is 0 Å². The molecule has 96 valence electrons. The molecule has 0 saturated carbocycles. The van der Waals surface area contributed by atoms with E-state index in [1.165, 1.54) is 0 Å². The minimum absolute atomic E-state index is 0.254. The maximum atomic E-state index is 11.8. The molecule has 0 amide bonds. The number of hydrogen-bond acceptors (Lipinski definition) is 4. The second-order valence-electron chi connectivity index (χ2n) is 3.92. The zero-order valence-corrected chi connectivity index (χ0v) is 11.0. The van der Waals surface area contributed by atoms with Crippen LogP contribution >= 0.6 is 0 Å². The molecule has 18 heavy (non-hydrogen) atoms. The van der Waals surface area contributed by atoms with Crippen LogP contribution in [0, 0.1) is 11.3 Å². The molecule has 0 aliphatic rings. The molecule has 1 aromatic rings. The van der Waals surface area contributed by atoms with Crippen molar-refractivity contribution < 1.29 is 9.53 Å². The normalized spacial score (nSPS) is 11.4. The molecule has 0 aliphatic heterocycles. The van der Waals surface area contributed by atoms with E-state index in [1.807, 2.05) is 19.1 Å². The minimum atomic E-state index is -0.362. The summed E-state index contributed by atoms with van der Waals surface area (Å²) in [7, 11) is 1.81. The molecular weight excluding hydrogens is 228 g/mol. The van der Waals surface area contributed by atoms with Gasteiger partial charge < -0.3 is 9.64 Å². The topological polar surface area (TPSA) is 53.3 Å². The number of carbonyl (C=O) groups excluding carboxylic acids is 1. The van der Waals surface area contributed by atoms with Gasteiger partial charge in [-0.2, -0.15) is 5.26 Å². The molecule has 0 spiro atoms. The fraction of sp³-hybridized carbons (Fsp3) is 0.429. The number of benzene rings is 1. The molecular formula is C14H18N2O2. The van der Waals surface area contributed by atoms with Crippen molar-refractivity contribution in [3.8, 4) is 6.07 Å². The molecule has 1 atom stereocenters. The molecule has 0 saturated heterocycles. The first-order valence-electron chi connectivity index (χ1n) is 6.04. The van der Waals surface area contributed by atoms with Gasteiger partial charge in [-0.1, -0.05) is 19.1 Å². The molecule has 0 bridgehead atoms. The van der Waals surface area contributed by atoms with Gasteiger partial charge in [-0.05, 0) is 25.5 Å². The fourth-order valence-electron chi connectivity index (χ4n) is 1.88. The van der Waals surface area contributed by atoms with Crippen LogP contribution < -0.4 is 4.90 Å². The van der Waals surface area contributed by atoms with Crippen molar-refractivity contribution in [2.24, 2.45) is 0 Å². The predicted molar refractivity (Wildman–Crippen MR) is 70.3 cm³/mol. The number of hydrogen-bond donors (Lipinski definition) is 0. The Balaban J connectivity index is 3.00. The lowest BCUT2D eigenvalue weighted by Gasteiger charge is -2.28. The number of carbonyl (C=O) groups is 1. The van der Waals surface area contributed by atoms with E-state index in [2.05, 4.69) is 6.07 Å². The third kappa shape index (κ3) is 3.01.